The lowest BCUT2D eigenvalue weighted by atomic mass is 9.76. The van der Waals surface area contributed by atoms with E-state index in [0.717, 1.165) is 25.0 Å². The number of hydrogen-bond acceptors (Lipinski definition) is 4. The van der Waals surface area contributed by atoms with Crippen LogP contribution in [0.25, 0.3) is 0 Å². The molecule has 0 bridgehead atoms. The molecule has 0 aromatic carbocycles. The smallest absolute Gasteiger partial charge is 0.242 e. The van der Waals surface area contributed by atoms with E-state index in [0.29, 0.717) is 11.7 Å². The van der Waals surface area contributed by atoms with Crippen LogP contribution in [0.5, 0.6) is 0 Å². The van der Waals surface area contributed by atoms with Crippen LogP contribution in [-0.4, -0.2) is 32.9 Å². The summed E-state index contributed by atoms with van der Waals surface area (Å²) in [6.07, 6.45) is 2.24. The second-order valence-electron chi connectivity index (χ2n) is 5.34. The topological polar surface area (TPSA) is 93.2 Å². The molecule has 2 rings (SSSR count). The van der Waals surface area contributed by atoms with Crippen LogP contribution in [-0.2, 0) is 11.3 Å². The van der Waals surface area contributed by atoms with Crippen LogP contribution in [0.1, 0.15) is 31.9 Å². The number of aliphatic hydroxyl groups excluding tert-OH is 1. The second-order valence-corrected chi connectivity index (χ2v) is 5.34. The van der Waals surface area contributed by atoms with E-state index in [9.17, 15) is 9.90 Å². The fraction of sp³-hybridized carbons (Fsp3) is 0.692. The molecule has 1 amide bonds. The van der Waals surface area contributed by atoms with Gasteiger partial charge in [0.1, 0.15) is 12.4 Å². The number of nitrogen functional groups attached to an aromatic ring is 1. The Morgan fingerprint density at radius 2 is 2.37 bits per heavy atom. The number of nitrogens with two attached hydrogens (primary N) is 1. The molecule has 1 heterocycles. The Morgan fingerprint density at radius 1 is 1.68 bits per heavy atom. The highest BCUT2D eigenvalue weighted by atomic mass is 16.3. The minimum absolute atomic E-state index is 0.0805. The summed E-state index contributed by atoms with van der Waals surface area (Å²) in [4.78, 5) is 12.0. The summed E-state index contributed by atoms with van der Waals surface area (Å²) in [5.74, 6) is 0.809. The highest BCUT2D eigenvalue weighted by Gasteiger charge is 2.33. The predicted molar refractivity (Wildman–Crippen MR) is 72.3 cm³/mol. The average molecular weight is 266 g/mol. The lowest BCUT2D eigenvalue weighted by Gasteiger charge is -2.37. The number of hydrogen-bond donors (Lipinski definition) is 3. The minimum Gasteiger partial charge on any atom is -0.393 e. The van der Waals surface area contributed by atoms with Crippen LogP contribution in [0.2, 0.25) is 0 Å². The number of aryl methyl sites for hydroxylation is 1. The van der Waals surface area contributed by atoms with Crippen molar-refractivity contribution in [3.8, 4) is 0 Å². The van der Waals surface area contributed by atoms with Crippen molar-refractivity contribution in [1.82, 2.24) is 15.1 Å². The van der Waals surface area contributed by atoms with Crippen molar-refractivity contribution >= 4 is 11.7 Å². The summed E-state index contributed by atoms with van der Waals surface area (Å²) in [7, 11) is 0. The average Bonchev–Trinajstić information content (AvgIpc) is 2.61. The number of nitrogens with one attached hydrogen (secondary N) is 1. The number of aliphatic hydroxyl groups is 1. The lowest BCUT2D eigenvalue weighted by molar-refractivity contribution is -0.123. The fourth-order valence-corrected chi connectivity index (χ4v) is 2.59. The van der Waals surface area contributed by atoms with Gasteiger partial charge in [-0.15, -0.1) is 0 Å². The van der Waals surface area contributed by atoms with Crippen molar-refractivity contribution in [1.29, 1.82) is 0 Å². The van der Waals surface area contributed by atoms with Gasteiger partial charge in [0.2, 0.25) is 5.91 Å². The molecule has 1 fully saturated rings. The van der Waals surface area contributed by atoms with Gasteiger partial charge in [0.05, 0.1) is 11.8 Å². The number of aromatic nitrogens is 2. The molecule has 0 aliphatic heterocycles. The van der Waals surface area contributed by atoms with Crippen molar-refractivity contribution in [2.75, 3.05) is 5.73 Å². The van der Waals surface area contributed by atoms with Gasteiger partial charge in [-0.2, -0.15) is 5.10 Å². The third-order valence-electron chi connectivity index (χ3n) is 3.73. The minimum atomic E-state index is -0.194. The van der Waals surface area contributed by atoms with E-state index < -0.39 is 0 Å². The van der Waals surface area contributed by atoms with Crippen molar-refractivity contribution in [3.63, 3.8) is 0 Å². The van der Waals surface area contributed by atoms with Crippen LogP contribution in [0.4, 0.5) is 5.82 Å². The van der Waals surface area contributed by atoms with Crippen LogP contribution in [0.3, 0.4) is 0 Å². The first-order chi connectivity index (χ1) is 8.99. The Morgan fingerprint density at radius 3 is 2.84 bits per heavy atom. The second kappa shape index (κ2) is 5.61. The molecule has 1 aliphatic rings. The zero-order valence-electron chi connectivity index (χ0n) is 11.5. The Balaban J connectivity index is 1.88. The van der Waals surface area contributed by atoms with Crippen molar-refractivity contribution in [2.45, 2.75) is 51.8 Å². The molecule has 1 aliphatic carbocycles. The number of carbonyl (C=O) groups is 1. The third-order valence-corrected chi connectivity index (χ3v) is 3.73. The number of nitrogens with zero attached hydrogens (tertiary/aromatic N) is 2. The largest absolute Gasteiger partial charge is 0.393 e. The van der Waals surface area contributed by atoms with Crippen LogP contribution in [0.15, 0.2) is 6.07 Å². The quantitative estimate of drug-likeness (QED) is 0.721. The molecule has 4 N–H and O–H groups in total. The summed E-state index contributed by atoms with van der Waals surface area (Å²) in [6, 6.07) is 1.88. The standard InChI is InChI=1S/C13H22N4O2/c1-3-11(9-5-10(18)6-9)15-13(19)7-17-12(14)4-8(2)16-17/h4,9-11,18H,3,5-7,14H2,1-2H3,(H,15,19)/t9?,10?,11-/m0/s1. The first-order valence-corrected chi connectivity index (χ1v) is 6.77. The molecule has 6 heteroatoms. The fourth-order valence-electron chi connectivity index (χ4n) is 2.59. The summed E-state index contributed by atoms with van der Waals surface area (Å²) >= 11 is 0. The normalized spacial score (nSPS) is 23.7. The monoisotopic (exact) mass is 266 g/mol. The first-order valence-electron chi connectivity index (χ1n) is 6.77. The van der Waals surface area contributed by atoms with Crippen molar-refractivity contribution < 1.29 is 9.90 Å². The van der Waals surface area contributed by atoms with Crippen molar-refractivity contribution in [3.05, 3.63) is 11.8 Å². The van der Waals surface area contributed by atoms with Gasteiger partial charge in [-0.25, -0.2) is 4.68 Å². The lowest BCUT2D eigenvalue weighted by Crippen LogP contribution is -2.47. The molecule has 0 saturated heterocycles. The van der Waals surface area contributed by atoms with Gasteiger partial charge in [-0.1, -0.05) is 6.92 Å². The first kappa shape index (κ1) is 13.9. The molecule has 0 radical (unpaired) electrons. The molecular formula is C13H22N4O2. The van der Waals surface area contributed by atoms with Crippen LogP contribution in [0, 0.1) is 12.8 Å². The van der Waals surface area contributed by atoms with E-state index in [2.05, 4.69) is 10.4 Å². The molecule has 6 nitrogen and oxygen atoms in total. The maximum absolute atomic E-state index is 12.0. The zero-order chi connectivity index (χ0) is 14.0. The Bertz CT molecular complexity index is 451. The molecule has 19 heavy (non-hydrogen) atoms. The van der Waals surface area contributed by atoms with E-state index in [-0.39, 0.29) is 24.6 Å². The van der Waals surface area contributed by atoms with Crippen LogP contribution < -0.4 is 11.1 Å². The highest BCUT2D eigenvalue weighted by Crippen LogP contribution is 2.31. The molecule has 1 saturated carbocycles. The maximum atomic E-state index is 12.0. The molecule has 0 unspecified atom stereocenters. The van der Waals surface area contributed by atoms with E-state index >= 15 is 0 Å². The highest BCUT2D eigenvalue weighted by molar-refractivity contribution is 5.76. The van der Waals surface area contributed by atoms with E-state index in [4.69, 9.17) is 5.73 Å². The molecule has 0 spiro atoms. The number of anilines is 1. The van der Waals surface area contributed by atoms with E-state index in [1.165, 1.54) is 4.68 Å². The van der Waals surface area contributed by atoms with Gasteiger partial charge < -0.3 is 16.2 Å². The van der Waals surface area contributed by atoms with Gasteiger partial charge in [-0.3, -0.25) is 4.79 Å². The van der Waals surface area contributed by atoms with Gasteiger partial charge in [-0.05, 0) is 32.1 Å². The summed E-state index contributed by atoms with van der Waals surface area (Å²) in [5.41, 5.74) is 6.56. The number of amides is 1. The Labute approximate surface area is 113 Å². The molecule has 1 aromatic rings. The molecular weight excluding hydrogens is 244 g/mol. The predicted octanol–water partition coefficient (Wildman–Crippen LogP) is 0.439. The Kier molecular flexibility index (Phi) is 4.09. The van der Waals surface area contributed by atoms with E-state index in [1.807, 2.05) is 13.8 Å². The number of rotatable bonds is 5. The SMILES string of the molecule is CC[C@H](NC(=O)Cn1nc(C)cc1N)C1CC(O)C1. The van der Waals surface area contributed by atoms with Gasteiger partial charge in [0.15, 0.2) is 0 Å². The zero-order valence-corrected chi connectivity index (χ0v) is 11.5. The summed E-state index contributed by atoms with van der Waals surface area (Å²) in [5, 5.41) is 16.5. The van der Waals surface area contributed by atoms with Crippen molar-refractivity contribution in [2.24, 2.45) is 5.92 Å². The van der Waals surface area contributed by atoms with Crippen LogP contribution >= 0.6 is 0 Å². The van der Waals surface area contributed by atoms with E-state index in [1.54, 1.807) is 6.07 Å². The summed E-state index contributed by atoms with van der Waals surface area (Å²) in [6.45, 7) is 4.03. The maximum Gasteiger partial charge on any atom is 0.242 e. The molecule has 106 valence electrons. The van der Waals surface area contributed by atoms with Gasteiger partial charge in [0.25, 0.3) is 0 Å². The van der Waals surface area contributed by atoms with Gasteiger partial charge >= 0.3 is 0 Å². The summed E-state index contributed by atoms with van der Waals surface area (Å²) < 4.78 is 1.51. The van der Waals surface area contributed by atoms with Gasteiger partial charge in [0, 0.05) is 12.1 Å². The Hall–Kier alpha value is -1.56. The third kappa shape index (κ3) is 3.26. The molecule has 1 atom stereocenters. The molecule has 1 aromatic heterocycles. The number of carbonyl (C=O) groups excluding carboxylic acids is 1.